The Morgan fingerprint density at radius 1 is 1.36 bits per heavy atom. The number of nitrogens with zero attached hydrogens (tertiary/aromatic N) is 3. The number of carbonyl (C=O) groups is 1. The molecule has 2 rings (SSSR count). The minimum atomic E-state index is -0.705. The fourth-order valence-corrected chi connectivity index (χ4v) is 2.56. The fraction of sp³-hybridized carbons (Fsp3) is 0.308. The Balaban J connectivity index is 2.15. The van der Waals surface area contributed by atoms with Crippen molar-refractivity contribution < 1.29 is 9.53 Å². The van der Waals surface area contributed by atoms with Crippen molar-refractivity contribution in [1.29, 1.82) is 0 Å². The Labute approximate surface area is 141 Å². The first kappa shape index (κ1) is 16.9. The third kappa shape index (κ3) is 3.29. The highest BCUT2D eigenvalue weighted by Crippen LogP contribution is 2.36. The van der Waals surface area contributed by atoms with Crippen LogP contribution >= 0.6 is 34.8 Å². The number of rotatable bonds is 5. The molecule has 1 aromatic carbocycles. The van der Waals surface area contributed by atoms with Gasteiger partial charge in [-0.2, -0.15) is 5.10 Å². The monoisotopic (exact) mass is 363 g/mol. The fourth-order valence-electron chi connectivity index (χ4n) is 1.79. The van der Waals surface area contributed by atoms with E-state index in [1.54, 1.807) is 14.0 Å². The maximum atomic E-state index is 11.8. The highest BCUT2D eigenvalue weighted by Gasteiger charge is 2.16. The van der Waals surface area contributed by atoms with Crippen LogP contribution in [0.1, 0.15) is 16.2 Å². The second kappa shape index (κ2) is 6.73. The maximum Gasteiger partial charge on any atom is 0.345 e. The van der Waals surface area contributed by atoms with Crippen molar-refractivity contribution in [2.75, 3.05) is 6.61 Å². The van der Waals surface area contributed by atoms with E-state index < -0.39 is 5.24 Å². The molecule has 0 aliphatic rings. The largest absolute Gasteiger partial charge is 0.488 e. The van der Waals surface area contributed by atoms with Crippen LogP contribution in [0.4, 0.5) is 0 Å². The maximum absolute atomic E-state index is 11.8. The van der Waals surface area contributed by atoms with Gasteiger partial charge in [0.05, 0.1) is 22.2 Å². The van der Waals surface area contributed by atoms with Crippen molar-refractivity contribution in [3.63, 3.8) is 0 Å². The molecule has 1 aromatic heterocycles. The van der Waals surface area contributed by atoms with E-state index in [0.717, 1.165) is 0 Å². The standard InChI is InChI=1S/C13H12Cl3N3O3/c1-7-17-19(13(21)18(7)2)5-6-22-11-9(14)4-3-8(10(11)15)12(16)20/h3-4H,5-6H2,1-2H3. The lowest BCUT2D eigenvalue weighted by Gasteiger charge is -2.11. The number of carbonyl (C=O) groups excluding carboxylic acids is 1. The summed E-state index contributed by atoms with van der Waals surface area (Å²) in [5.74, 6) is 0.742. The third-order valence-electron chi connectivity index (χ3n) is 3.07. The van der Waals surface area contributed by atoms with Gasteiger partial charge in [0.1, 0.15) is 12.4 Å². The Morgan fingerprint density at radius 3 is 2.59 bits per heavy atom. The van der Waals surface area contributed by atoms with Crippen molar-refractivity contribution in [1.82, 2.24) is 14.3 Å². The normalized spacial score (nSPS) is 10.8. The smallest absolute Gasteiger partial charge is 0.345 e. The van der Waals surface area contributed by atoms with Gasteiger partial charge in [0.15, 0.2) is 5.75 Å². The predicted molar refractivity (Wildman–Crippen MR) is 84.3 cm³/mol. The van der Waals surface area contributed by atoms with E-state index in [0.29, 0.717) is 5.82 Å². The lowest BCUT2D eigenvalue weighted by atomic mass is 10.2. The summed E-state index contributed by atoms with van der Waals surface area (Å²) in [5, 5.41) is 3.66. The molecule has 0 spiro atoms. The Morgan fingerprint density at radius 2 is 2.05 bits per heavy atom. The van der Waals surface area contributed by atoms with Gasteiger partial charge in [0.25, 0.3) is 5.24 Å². The van der Waals surface area contributed by atoms with Gasteiger partial charge in [-0.05, 0) is 30.7 Å². The molecule has 6 nitrogen and oxygen atoms in total. The van der Waals surface area contributed by atoms with Gasteiger partial charge >= 0.3 is 5.69 Å². The average Bonchev–Trinajstić information content (AvgIpc) is 2.69. The Hall–Kier alpha value is -1.50. The second-order valence-corrected chi connectivity index (χ2v) is 5.60. The van der Waals surface area contributed by atoms with Gasteiger partial charge in [-0.25, -0.2) is 9.48 Å². The number of aromatic nitrogens is 3. The van der Waals surface area contributed by atoms with E-state index in [2.05, 4.69) is 5.10 Å². The number of halogens is 3. The molecule has 0 atom stereocenters. The van der Waals surface area contributed by atoms with Crippen LogP contribution in [-0.2, 0) is 13.6 Å². The molecule has 0 bridgehead atoms. The summed E-state index contributed by atoms with van der Waals surface area (Å²) in [4.78, 5) is 23.0. The van der Waals surface area contributed by atoms with Crippen LogP contribution < -0.4 is 10.4 Å². The average molecular weight is 365 g/mol. The third-order valence-corrected chi connectivity index (χ3v) is 3.95. The van der Waals surface area contributed by atoms with Crippen molar-refractivity contribution in [2.45, 2.75) is 13.5 Å². The summed E-state index contributed by atoms with van der Waals surface area (Å²) in [6.45, 7) is 2.05. The molecule has 0 radical (unpaired) electrons. The van der Waals surface area contributed by atoms with E-state index in [-0.39, 0.29) is 40.2 Å². The van der Waals surface area contributed by atoms with Crippen molar-refractivity contribution >= 4 is 40.0 Å². The number of aryl methyl sites for hydroxylation is 1. The molecule has 0 saturated carbocycles. The van der Waals surface area contributed by atoms with Crippen LogP contribution in [0.3, 0.4) is 0 Å². The summed E-state index contributed by atoms with van der Waals surface area (Å²) in [6.07, 6.45) is 0. The van der Waals surface area contributed by atoms with Crippen molar-refractivity contribution in [2.24, 2.45) is 7.05 Å². The highest BCUT2D eigenvalue weighted by molar-refractivity contribution is 6.69. The number of ether oxygens (including phenoxy) is 1. The molecule has 0 fully saturated rings. The molecule has 2 aromatic rings. The van der Waals surface area contributed by atoms with Crippen molar-refractivity contribution in [3.8, 4) is 5.75 Å². The summed E-state index contributed by atoms with van der Waals surface area (Å²) in [6, 6.07) is 2.88. The molecule has 22 heavy (non-hydrogen) atoms. The van der Waals surface area contributed by atoms with Crippen LogP contribution in [0.2, 0.25) is 10.0 Å². The zero-order valence-electron chi connectivity index (χ0n) is 11.8. The van der Waals surface area contributed by atoms with Gasteiger partial charge in [0, 0.05) is 7.05 Å². The lowest BCUT2D eigenvalue weighted by molar-refractivity contribution is 0.108. The summed E-state index contributed by atoms with van der Waals surface area (Å²) in [5.41, 5.74) is -0.142. The van der Waals surface area contributed by atoms with E-state index in [1.165, 1.54) is 21.4 Å². The lowest BCUT2D eigenvalue weighted by Crippen LogP contribution is -2.25. The number of hydrogen-bond acceptors (Lipinski definition) is 4. The van der Waals surface area contributed by atoms with E-state index >= 15 is 0 Å². The van der Waals surface area contributed by atoms with Crippen LogP contribution in [0.5, 0.6) is 5.75 Å². The van der Waals surface area contributed by atoms with Gasteiger partial charge in [-0.1, -0.05) is 23.2 Å². The summed E-state index contributed by atoms with van der Waals surface area (Å²) >= 11 is 17.5. The first-order valence-corrected chi connectivity index (χ1v) is 7.37. The van der Waals surface area contributed by atoms with Gasteiger partial charge in [-0.3, -0.25) is 9.36 Å². The number of benzene rings is 1. The van der Waals surface area contributed by atoms with Crippen LogP contribution in [0.15, 0.2) is 16.9 Å². The summed E-state index contributed by atoms with van der Waals surface area (Å²) in [7, 11) is 1.63. The molecular weight excluding hydrogens is 353 g/mol. The predicted octanol–water partition coefficient (Wildman–Crippen LogP) is 2.66. The number of hydrogen-bond donors (Lipinski definition) is 0. The molecule has 0 aliphatic heterocycles. The molecule has 0 N–H and O–H groups in total. The summed E-state index contributed by atoms with van der Waals surface area (Å²) < 4.78 is 8.18. The zero-order chi connectivity index (χ0) is 16.4. The molecular formula is C13H12Cl3N3O3. The molecule has 9 heteroatoms. The van der Waals surface area contributed by atoms with E-state index in [1.807, 2.05) is 0 Å². The van der Waals surface area contributed by atoms with Gasteiger partial charge in [-0.15, -0.1) is 0 Å². The molecule has 0 unspecified atom stereocenters. The molecule has 1 heterocycles. The van der Waals surface area contributed by atoms with E-state index in [4.69, 9.17) is 39.5 Å². The minimum absolute atomic E-state index is 0.0389. The first-order chi connectivity index (χ1) is 10.3. The topological polar surface area (TPSA) is 66.1 Å². The first-order valence-electron chi connectivity index (χ1n) is 6.24. The van der Waals surface area contributed by atoms with E-state index in [9.17, 15) is 9.59 Å². The van der Waals surface area contributed by atoms with Gasteiger partial charge in [0.2, 0.25) is 0 Å². The van der Waals surface area contributed by atoms with Crippen LogP contribution in [0, 0.1) is 6.92 Å². The zero-order valence-corrected chi connectivity index (χ0v) is 14.0. The molecule has 0 aliphatic carbocycles. The van der Waals surface area contributed by atoms with Gasteiger partial charge < -0.3 is 4.74 Å². The van der Waals surface area contributed by atoms with Crippen LogP contribution in [-0.4, -0.2) is 26.2 Å². The molecule has 118 valence electrons. The second-order valence-electron chi connectivity index (χ2n) is 4.47. The molecule has 0 amide bonds. The quantitative estimate of drug-likeness (QED) is 0.765. The Kier molecular flexibility index (Phi) is 5.16. The van der Waals surface area contributed by atoms with Crippen molar-refractivity contribution in [3.05, 3.63) is 44.1 Å². The minimum Gasteiger partial charge on any atom is -0.488 e. The highest BCUT2D eigenvalue weighted by atomic mass is 35.5. The van der Waals surface area contributed by atoms with Crippen LogP contribution in [0.25, 0.3) is 0 Å². The molecule has 0 saturated heterocycles. The Bertz CT molecular complexity index is 783. The SMILES string of the molecule is Cc1nn(CCOc2c(Cl)ccc(C(=O)Cl)c2Cl)c(=O)n1C.